The van der Waals surface area contributed by atoms with Crippen LogP contribution in [0.2, 0.25) is 0 Å². The summed E-state index contributed by atoms with van der Waals surface area (Å²) in [5.41, 5.74) is 3.83. The number of benzene rings is 2. The predicted molar refractivity (Wildman–Crippen MR) is 117 cm³/mol. The topological polar surface area (TPSA) is 88.6 Å². The number of rotatable bonds is 5. The van der Waals surface area contributed by atoms with E-state index < -0.39 is 6.36 Å². The van der Waals surface area contributed by atoms with Crippen LogP contribution in [0.3, 0.4) is 0 Å². The molecule has 33 heavy (non-hydrogen) atoms. The maximum absolute atomic E-state index is 12.5. The Kier molecular flexibility index (Phi) is 5.09. The van der Waals surface area contributed by atoms with Crippen LogP contribution in [0, 0.1) is 0 Å². The van der Waals surface area contributed by atoms with Crippen LogP contribution in [0.25, 0.3) is 33.8 Å². The highest BCUT2D eigenvalue weighted by Crippen LogP contribution is 2.29. The SMILES string of the molecule is FC(F)(F)Oc1ccc2nc(-c3cccc(Nc4cnc(-c5ccccn5)cn4)c3)[nH]c2c1. The molecule has 5 rings (SSSR count). The largest absolute Gasteiger partial charge is 0.573 e. The number of imidazole rings is 1. The molecular formula is C23H15F3N6O. The lowest BCUT2D eigenvalue weighted by molar-refractivity contribution is -0.274. The van der Waals surface area contributed by atoms with Crippen molar-refractivity contribution in [3.63, 3.8) is 0 Å². The molecule has 3 heterocycles. The lowest BCUT2D eigenvalue weighted by atomic mass is 10.2. The van der Waals surface area contributed by atoms with E-state index in [4.69, 9.17) is 0 Å². The first-order chi connectivity index (χ1) is 15.9. The van der Waals surface area contributed by atoms with Gasteiger partial charge in [0.25, 0.3) is 0 Å². The Hall–Kier alpha value is -4.47. The molecule has 0 saturated heterocycles. The Bertz CT molecular complexity index is 1400. The van der Waals surface area contributed by atoms with Crippen molar-refractivity contribution in [1.29, 1.82) is 0 Å². The number of hydrogen-bond donors (Lipinski definition) is 2. The Morgan fingerprint density at radius 2 is 1.76 bits per heavy atom. The molecule has 0 aliphatic carbocycles. The van der Waals surface area contributed by atoms with Gasteiger partial charge < -0.3 is 15.0 Å². The number of pyridine rings is 1. The smallest absolute Gasteiger partial charge is 0.406 e. The van der Waals surface area contributed by atoms with Gasteiger partial charge in [0.05, 0.1) is 29.1 Å². The Balaban J connectivity index is 1.36. The molecule has 2 aromatic carbocycles. The summed E-state index contributed by atoms with van der Waals surface area (Å²) in [6, 6.07) is 16.9. The molecule has 0 fully saturated rings. The lowest BCUT2D eigenvalue weighted by Crippen LogP contribution is -2.16. The summed E-state index contributed by atoms with van der Waals surface area (Å²) < 4.78 is 41.4. The Morgan fingerprint density at radius 3 is 2.52 bits per heavy atom. The standard InChI is InChI=1S/C23H15F3N6O/c24-23(25,26)33-16-7-8-18-19(11-16)32-22(31-18)14-4-3-5-15(10-14)30-21-13-28-20(12-29-21)17-6-1-2-9-27-17/h1-13H,(H,29,30)(H,31,32). The molecule has 5 aromatic rings. The first-order valence-corrected chi connectivity index (χ1v) is 9.79. The zero-order chi connectivity index (χ0) is 22.8. The van der Waals surface area contributed by atoms with Gasteiger partial charge in [-0.2, -0.15) is 0 Å². The van der Waals surface area contributed by atoms with Crippen molar-refractivity contribution in [3.05, 3.63) is 79.3 Å². The minimum Gasteiger partial charge on any atom is -0.406 e. The summed E-state index contributed by atoms with van der Waals surface area (Å²) in [6.45, 7) is 0. The summed E-state index contributed by atoms with van der Waals surface area (Å²) >= 11 is 0. The van der Waals surface area contributed by atoms with Crippen molar-refractivity contribution in [2.24, 2.45) is 0 Å². The number of fused-ring (bicyclic) bond motifs is 1. The van der Waals surface area contributed by atoms with Gasteiger partial charge in [0, 0.05) is 23.5 Å². The number of aromatic amines is 1. The van der Waals surface area contributed by atoms with Crippen LogP contribution in [-0.2, 0) is 0 Å². The van der Waals surface area contributed by atoms with Gasteiger partial charge in [-0.15, -0.1) is 13.2 Å². The molecule has 164 valence electrons. The van der Waals surface area contributed by atoms with Crippen LogP contribution in [0.5, 0.6) is 5.75 Å². The van der Waals surface area contributed by atoms with Gasteiger partial charge in [-0.25, -0.2) is 15.0 Å². The second-order valence-electron chi connectivity index (χ2n) is 7.02. The van der Waals surface area contributed by atoms with E-state index >= 15 is 0 Å². The molecule has 0 atom stereocenters. The third-order valence-electron chi connectivity index (χ3n) is 4.67. The van der Waals surface area contributed by atoms with E-state index in [1.165, 1.54) is 18.2 Å². The van der Waals surface area contributed by atoms with Gasteiger partial charge in [-0.3, -0.25) is 4.98 Å². The van der Waals surface area contributed by atoms with E-state index in [0.29, 0.717) is 28.4 Å². The summed E-state index contributed by atoms with van der Waals surface area (Å²) in [5, 5.41) is 3.18. The first kappa shape index (κ1) is 20.4. The molecule has 10 heteroatoms. The first-order valence-electron chi connectivity index (χ1n) is 9.79. The molecule has 0 spiro atoms. The highest BCUT2D eigenvalue weighted by Gasteiger charge is 2.31. The Labute approximate surface area is 185 Å². The van der Waals surface area contributed by atoms with E-state index in [1.54, 1.807) is 18.6 Å². The van der Waals surface area contributed by atoms with Crippen LogP contribution in [-0.4, -0.2) is 31.3 Å². The molecule has 3 aromatic heterocycles. The molecule has 0 aliphatic heterocycles. The van der Waals surface area contributed by atoms with Crippen molar-refractivity contribution in [2.75, 3.05) is 5.32 Å². The van der Waals surface area contributed by atoms with E-state index in [2.05, 4.69) is 35.0 Å². The van der Waals surface area contributed by atoms with Crippen molar-refractivity contribution in [1.82, 2.24) is 24.9 Å². The van der Waals surface area contributed by atoms with Gasteiger partial charge in [-0.1, -0.05) is 18.2 Å². The van der Waals surface area contributed by atoms with Gasteiger partial charge >= 0.3 is 6.36 Å². The number of H-pyrrole nitrogens is 1. The number of halogens is 3. The maximum atomic E-state index is 12.5. The highest BCUT2D eigenvalue weighted by atomic mass is 19.4. The number of alkyl halides is 3. The normalized spacial score (nSPS) is 11.5. The number of anilines is 2. The van der Waals surface area contributed by atoms with Crippen LogP contribution in [0.4, 0.5) is 24.7 Å². The lowest BCUT2D eigenvalue weighted by Gasteiger charge is -2.08. The highest BCUT2D eigenvalue weighted by molar-refractivity contribution is 5.81. The molecule has 0 amide bonds. The number of hydrogen-bond acceptors (Lipinski definition) is 6. The minimum atomic E-state index is -4.75. The predicted octanol–water partition coefficient (Wildman–Crippen LogP) is 5.72. The third kappa shape index (κ3) is 4.74. The second-order valence-corrected chi connectivity index (χ2v) is 7.02. The second kappa shape index (κ2) is 8.23. The monoisotopic (exact) mass is 448 g/mol. The van der Waals surface area contributed by atoms with Crippen LogP contribution < -0.4 is 10.1 Å². The zero-order valence-corrected chi connectivity index (χ0v) is 16.8. The van der Waals surface area contributed by atoms with E-state index in [9.17, 15) is 13.2 Å². The summed E-state index contributed by atoms with van der Waals surface area (Å²) in [5.74, 6) is 0.744. The van der Waals surface area contributed by atoms with Gasteiger partial charge in [0.1, 0.15) is 23.1 Å². The molecule has 7 nitrogen and oxygen atoms in total. The number of ether oxygens (including phenoxy) is 1. The fourth-order valence-corrected chi connectivity index (χ4v) is 3.25. The fraction of sp³-hybridized carbons (Fsp3) is 0.0435. The van der Waals surface area contributed by atoms with Crippen molar-refractivity contribution in [3.8, 4) is 28.5 Å². The van der Waals surface area contributed by atoms with Crippen molar-refractivity contribution < 1.29 is 17.9 Å². The van der Waals surface area contributed by atoms with E-state index in [1.807, 2.05) is 42.5 Å². The summed E-state index contributed by atoms with van der Waals surface area (Å²) in [6.07, 6.45) is 0.181. The fourth-order valence-electron chi connectivity index (χ4n) is 3.25. The van der Waals surface area contributed by atoms with Gasteiger partial charge in [-0.05, 0) is 36.4 Å². The molecule has 0 aliphatic rings. The number of nitrogens with one attached hydrogen (secondary N) is 2. The molecule has 0 radical (unpaired) electrons. The molecule has 0 saturated carbocycles. The number of aromatic nitrogens is 5. The quantitative estimate of drug-likeness (QED) is 0.357. The van der Waals surface area contributed by atoms with E-state index in [-0.39, 0.29) is 5.75 Å². The molecule has 0 unspecified atom stereocenters. The van der Waals surface area contributed by atoms with Crippen LogP contribution >= 0.6 is 0 Å². The molecule has 0 bridgehead atoms. The van der Waals surface area contributed by atoms with E-state index in [0.717, 1.165) is 16.9 Å². The maximum Gasteiger partial charge on any atom is 0.573 e. The Morgan fingerprint density at radius 1 is 0.848 bits per heavy atom. The van der Waals surface area contributed by atoms with Crippen LogP contribution in [0.1, 0.15) is 0 Å². The zero-order valence-electron chi connectivity index (χ0n) is 16.8. The number of nitrogens with zero attached hydrogens (tertiary/aromatic N) is 4. The van der Waals surface area contributed by atoms with Gasteiger partial charge in [0.15, 0.2) is 0 Å². The van der Waals surface area contributed by atoms with Gasteiger partial charge in [0.2, 0.25) is 0 Å². The molecule has 2 N–H and O–H groups in total. The average Bonchev–Trinajstić information content (AvgIpc) is 3.23. The third-order valence-corrected chi connectivity index (χ3v) is 4.67. The van der Waals surface area contributed by atoms with Crippen molar-refractivity contribution in [2.45, 2.75) is 6.36 Å². The summed E-state index contributed by atoms with van der Waals surface area (Å²) in [7, 11) is 0. The average molecular weight is 448 g/mol. The van der Waals surface area contributed by atoms with Crippen LogP contribution in [0.15, 0.2) is 79.3 Å². The van der Waals surface area contributed by atoms with Crippen molar-refractivity contribution >= 4 is 22.5 Å². The minimum absolute atomic E-state index is 0.312. The summed E-state index contributed by atoms with van der Waals surface area (Å²) in [4.78, 5) is 20.5. The molecular weight excluding hydrogens is 433 g/mol.